The predicted octanol–water partition coefficient (Wildman–Crippen LogP) is 1.70. The Bertz CT molecular complexity index is 609. The first-order valence-corrected chi connectivity index (χ1v) is 6.16. The number of nitrogen functional groups attached to an aromatic ring is 1. The Morgan fingerprint density at radius 2 is 1.89 bits per heavy atom. The molecule has 0 unspecified atom stereocenters. The normalized spacial score (nSPS) is 11.1. The summed E-state index contributed by atoms with van der Waals surface area (Å²) >= 11 is 6.10. The molecule has 19 heavy (non-hydrogen) atoms. The van der Waals surface area contributed by atoms with E-state index < -0.39 is 0 Å². The summed E-state index contributed by atoms with van der Waals surface area (Å²) in [7, 11) is 0. The SMILES string of the molecule is Cc1nn(-c2nc(N)nc(OC(C)C)n2)c(C)c1Cl. The molecule has 0 aliphatic rings. The van der Waals surface area contributed by atoms with E-state index in [1.54, 1.807) is 0 Å². The van der Waals surface area contributed by atoms with E-state index >= 15 is 0 Å². The number of rotatable bonds is 3. The van der Waals surface area contributed by atoms with Crippen LogP contribution in [0, 0.1) is 13.8 Å². The van der Waals surface area contributed by atoms with Crippen LogP contribution >= 0.6 is 11.6 Å². The Kier molecular flexibility index (Phi) is 3.57. The molecule has 0 amide bonds. The molecule has 0 aliphatic carbocycles. The van der Waals surface area contributed by atoms with E-state index in [1.807, 2.05) is 27.7 Å². The van der Waals surface area contributed by atoms with E-state index in [2.05, 4.69) is 20.1 Å². The highest BCUT2D eigenvalue weighted by atomic mass is 35.5. The maximum Gasteiger partial charge on any atom is 0.323 e. The molecule has 2 aromatic heterocycles. The first-order valence-electron chi connectivity index (χ1n) is 5.78. The number of nitrogens with two attached hydrogens (primary N) is 1. The van der Waals surface area contributed by atoms with Crippen LogP contribution in [0.4, 0.5) is 5.95 Å². The van der Waals surface area contributed by atoms with Gasteiger partial charge in [0.2, 0.25) is 5.95 Å². The third-order valence-electron chi connectivity index (χ3n) is 2.35. The lowest BCUT2D eigenvalue weighted by Crippen LogP contribution is -2.14. The fourth-order valence-electron chi connectivity index (χ4n) is 1.54. The maximum absolute atomic E-state index is 6.10. The zero-order valence-electron chi connectivity index (χ0n) is 11.2. The van der Waals surface area contributed by atoms with Crippen molar-refractivity contribution in [3.8, 4) is 12.0 Å². The van der Waals surface area contributed by atoms with Crippen LogP contribution in [-0.4, -0.2) is 30.8 Å². The summed E-state index contributed by atoms with van der Waals surface area (Å²) in [5.74, 6) is 0.361. The largest absolute Gasteiger partial charge is 0.461 e. The van der Waals surface area contributed by atoms with Gasteiger partial charge in [-0.1, -0.05) is 11.6 Å². The lowest BCUT2D eigenvalue weighted by atomic mass is 10.4. The van der Waals surface area contributed by atoms with Gasteiger partial charge in [0.25, 0.3) is 5.95 Å². The Morgan fingerprint density at radius 3 is 2.42 bits per heavy atom. The molecule has 0 spiro atoms. The van der Waals surface area contributed by atoms with Gasteiger partial charge in [-0.3, -0.25) is 0 Å². The van der Waals surface area contributed by atoms with Crippen LogP contribution in [0.5, 0.6) is 6.01 Å². The molecule has 8 heteroatoms. The number of aryl methyl sites for hydroxylation is 1. The summed E-state index contributed by atoms with van der Waals surface area (Å²) in [6, 6.07) is 0.168. The van der Waals surface area contributed by atoms with Crippen molar-refractivity contribution in [1.82, 2.24) is 24.7 Å². The zero-order valence-corrected chi connectivity index (χ0v) is 11.9. The summed E-state index contributed by atoms with van der Waals surface area (Å²) in [5, 5.41) is 4.84. The summed E-state index contributed by atoms with van der Waals surface area (Å²) in [6.07, 6.45) is -0.0568. The van der Waals surface area contributed by atoms with E-state index in [0.717, 1.165) is 5.69 Å². The minimum Gasteiger partial charge on any atom is -0.461 e. The molecule has 0 radical (unpaired) electrons. The van der Waals surface area contributed by atoms with E-state index in [4.69, 9.17) is 22.1 Å². The number of ether oxygens (including phenoxy) is 1. The molecule has 0 fully saturated rings. The van der Waals surface area contributed by atoms with Crippen molar-refractivity contribution in [2.45, 2.75) is 33.8 Å². The quantitative estimate of drug-likeness (QED) is 0.921. The van der Waals surface area contributed by atoms with Gasteiger partial charge in [-0.05, 0) is 27.7 Å². The Morgan fingerprint density at radius 1 is 1.21 bits per heavy atom. The van der Waals surface area contributed by atoms with Gasteiger partial charge in [0, 0.05) is 0 Å². The van der Waals surface area contributed by atoms with E-state index in [1.165, 1.54) is 4.68 Å². The Hall–Kier alpha value is -1.89. The van der Waals surface area contributed by atoms with E-state index in [9.17, 15) is 0 Å². The number of hydrogen-bond acceptors (Lipinski definition) is 6. The third-order valence-corrected chi connectivity index (χ3v) is 2.90. The Labute approximate surface area is 115 Å². The van der Waals surface area contributed by atoms with Crippen LogP contribution < -0.4 is 10.5 Å². The minimum atomic E-state index is -0.0568. The molecule has 0 aromatic carbocycles. The molecule has 0 atom stereocenters. The van der Waals surface area contributed by atoms with Crippen molar-refractivity contribution in [3.63, 3.8) is 0 Å². The smallest absolute Gasteiger partial charge is 0.323 e. The molecule has 0 saturated carbocycles. The van der Waals surface area contributed by atoms with Gasteiger partial charge < -0.3 is 10.5 Å². The van der Waals surface area contributed by atoms with Gasteiger partial charge in [0.1, 0.15) is 0 Å². The zero-order chi connectivity index (χ0) is 14.2. The molecule has 0 aliphatic heterocycles. The number of anilines is 1. The van der Waals surface area contributed by atoms with Crippen LogP contribution in [0.2, 0.25) is 5.02 Å². The summed E-state index contributed by atoms with van der Waals surface area (Å²) in [4.78, 5) is 12.1. The molecule has 2 heterocycles. The van der Waals surface area contributed by atoms with Gasteiger partial charge >= 0.3 is 6.01 Å². The lowest BCUT2D eigenvalue weighted by Gasteiger charge is -2.09. The second-order valence-corrected chi connectivity index (χ2v) is 4.72. The molecular weight excluding hydrogens is 268 g/mol. The molecule has 2 N–H and O–H groups in total. The number of halogens is 1. The van der Waals surface area contributed by atoms with Crippen molar-refractivity contribution in [1.29, 1.82) is 0 Å². The molecule has 102 valence electrons. The van der Waals surface area contributed by atoms with Crippen molar-refractivity contribution in [2.24, 2.45) is 0 Å². The van der Waals surface area contributed by atoms with Crippen LogP contribution in [0.1, 0.15) is 25.2 Å². The van der Waals surface area contributed by atoms with Crippen LogP contribution in [0.25, 0.3) is 5.95 Å². The summed E-state index contributed by atoms with van der Waals surface area (Å²) in [5.41, 5.74) is 7.09. The number of hydrogen-bond donors (Lipinski definition) is 1. The molecule has 2 rings (SSSR count). The van der Waals surface area contributed by atoms with Crippen LogP contribution in [-0.2, 0) is 0 Å². The highest BCUT2D eigenvalue weighted by Gasteiger charge is 2.15. The fourth-order valence-corrected chi connectivity index (χ4v) is 1.66. The van der Waals surface area contributed by atoms with Crippen molar-refractivity contribution >= 4 is 17.5 Å². The van der Waals surface area contributed by atoms with E-state index in [0.29, 0.717) is 10.7 Å². The maximum atomic E-state index is 6.10. The number of nitrogens with zero attached hydrogens (tertiary/aromatic N) is 5. The predicted molar refractivity (Wildman–Crippen MR) is 71.6 cm³/mol. The molecule has 0 bridgehead atoms. The topological polar surface area (TPSA) is 91.7 Å². The van der Waals surface area contributed by atoms with Gasteiger partial charge in [-0.15, -0.1) is 0 Å². The highest BCUT2D eigenvalue weighted by molar-refractivity contribution is 6.31. The number of aromatic nitrogens is 5. The van der Waals surface area contributed by atoms with E-state index in [-0.39, 0.29) is 24.0 Å². The molecule has 0 saturated heterocycles. The van der Waals surface area contributed by atoms with Crippen molar-refractivity contribution < 1.29 is 4.74 Å². The van der Waals surface area contributed by atoms with Gasteiger partial charge in [-0.2, -0.15) is 20.1 Å². The fraction of sp³-hybridized carbons (Fsp3) is 0.455. The molecule has 2 aromatic rings. The average Bonchev–Trinajstić information content (AvgIpc) is 2.55. The van der Waals surface area contributed by atoms with Crippen molar-refractivity contribution in [2.75, 3.05) is 5.73 Å². The highest BCUT2D eigenvalue weighted by Crippen LogP contribution is 2.21. The first-order chi connectivity index (χ1) is 8.88. The Balaban J connectivity index is 2.49. The second-order valence-electron chi connectivity index (χ2n) is 4.34. The first kappa shape index (κ1) is 13.5. The summed E-state index contributed by atoms with van der Waals surface area (Å²) < 4.78 is 6.93. The molecule has 7 nitrogen and oxygen atoms in total. The van der Waals surface area contributed by atoms with Gasteiger partial charge in [0.05, 0.1) is 22.5 Å². The van der Waals surface area contributed by atoms with Gasteiger partial charge in [0.15, 0.2) is 0 Å². The second kappa shape index (κ2) is 5.00. The monoisotopic (exact) mass is 282 g/mol. The lowest BCUT2D eigenvalue weighted by molar-refractivity contribution is 0.221. The van der Waals surface area contributed by atoms with Crippen LogP contribution in [0.15, 0.2) is 0 Å². The minimum absolute atomic E-state index is 0.0568. The van der Waals surface area contributed by atoms with Crippen molar-refractivity contribution in [3.05, 3.63) is 16.4 Å². The van der Waals surface area contributed by atoms with Crippen LogP contribution in [0.3, 0.4) is 0 Å². The summed E-state index contributed by atoms with van der Waals surface area (Å²) in [6.45, 7) is 7.38. The van der Waals surface area contributed by atoms with Gasteiger partial charge in [-0.25, -0.2) is 4.68 Å². The molecular formula is C11H15ClN6O. The third kappa shape index (κ3) is 2.76. The standard InChI is InChI=1S/C11H15ClN6O/c1-5(2)19-11-15-9(13)14-10(16-11)18-7(4)8(12)6(3)17-18/h5H,1-4H3,(H2,13,14,15,16). The average molecular weight is 283 g/mol.